The Morgan fingerprint density at radius 2 is 1.67 bits per heavy atom. The van der Waals surface area contributed by atoms with Crippen LogP contribution in [-0.4, -0.2) is 13.1 Å². The number of hydrogen-bond acceptors (Lipinski definition) is 1. The van der Waals surface area contributed by atoms with Gasteiger partial charge in [0.1, 0.15) is 0 Å². The molecule has 1 atom stereocenters. The van der Waals surface area contributed by atoms with Crippen LogP contribution in [-0.2, 0) is 0 Å². The first-order valence-electron chi connectivity index (χ1n) is 6.89. The smallest absolute Gasteiger partial charge is 0.00437 e. The van der Waals surface area contributed by atoms with E-state index in [2.05, 4.69) is 33.0 Å². The molecule has 1 unspecified atom stereocenters. The predicted octanol–water partition coefficient (Wildman–Crippen LogP) is 4.37. The first kappa shape index (κ1) is 15.0. The third kappa shape index (κ3) is 7.84. The fourth-order valence-electron chi connectivity index (χ4n) is 1.99. The van der Waals surface area contributed by atoms with E-state index in [9.17, 15) is 0 Å². The maximum atomic E-state index is 3.44. The zero-order valence-corrected chi connectivity index (χ0v) is 11.4. The Morgan fingerprint density at radius 1 is 1.00 bits per heavy atom. The highest BCUT2D eigenvalue weighted by molar-refractivity contribution is 4.76. The van der Waals surface area contributed by atoms with Gasteiger partial charge in [0, 0.05) is 0 Å². The van der Waals surface area contributed by atoms with Crippen molar-refractivity contribution in [2.75, 3.05) is 13.1 Å². The van der Waals surface area contributed by atoms with Crippen molar-refractivity contribution in [3.05, 3.63) is 0 Å². The van der Waals surface area contributed by atoms with Crippen LogP contribution < -0.4 is 5.32 Å². The molecule has 1 N–H and O–H groups in total. The summed E-state index contributed by atoms with van der Waals surface area (Å²) in [4.78, 5) is 0. The topological polar surface area (TPSA) is 12.0 Å². The van der Waals surface area contributed by atoms with E-state index in [1.807, 2.05) is 0 Å². The van der Waals surface area contributed by atoms with Gasteiger partial charge in [-0.15, -0.1) is 0 Å². The molecule has 0 spiro atoms. The Hall–Kier alpha value is -0.0400. The molecule has 1 saturated heterocycles. The number of unbranched alkanes of at least 4 members (excludes halogenated alkanes) is 2. The first-order valence-corrected chi connectivity index (χ1v) is 6.89. The summed E-state index contributed by atoms with van der Waals surface area (Å²) >= 11 is 0. The molecule has 1 heterocycles. The Balaban J connectivity index is 0.000000336. The second kappa shape index (κ2) is 9.21. The van der Waals surface area contributed by atoms with Gasteiger partial charge in [0.15, 0.2) is 0 Å². The third-order valence-electron chi connectivity index (χ3n) is 3.60. The minimum Gasteiger partial charge on any atom is -0.317 e. The Labute approximate surface area is 97.0 Å². The summed E-state index contributed by atoms with van der Waals surface area (Å²) in [5.41, 5.74) is 0.642. The number of hydrogen-bond donors (Lipinski definition) is 1. The molecule has 0 aromatic heterocycles. The average molecular weight is 213 g/mol. The van der Waals surface area contributed by atoms with Crippen LogP contribution in [0, 0.1) is 5.41 Å². The minimum absolute atomic E-state index is 0.642. The van der Waals surface area contributed by atoms with Crippen LogP contribution in [0.3, 0.4) is 0 Å². The highest BCUT2D eigenvalue weighted by Gasteiger charge is 2.22. The molecule has 0 bridgehead atoms. The van der Waals surface area contributed by atoms with Gasteiger partial charge in [-0.1, -0.05) is 53.4 Å². The van der Waals surface area contributed by atoms with Crippen molar-refractivity contribution in [1.82, 2.24) is 5.32 Å². The molecule has 0 amide bonds. The molecule has 1 fully saturated rings. The Bertz CT molecular complexity index is 121. The van der Waals surface area contributed by atoms with Crippen molar-refractivity contribution in [2.24, 2.45) is 5.41 Å². The lowest BCUT2D eigenvalue weighted by molar-refractivity contribution is 0.274. The molecule has 0 radical (unpaired) electrons. The van der Waals surface area contributed by atoms with Gasteiger partial charge >= 0.3 is 0 Å². The zero-order valence-electron chi connectivity index (χ0n) is 11.4. The third-order valence-corrected chi connectivity index (χ3v) is 3.60. The molecule has 15 heavy (non-hydrogen) atoms. The molecule has 0 saturated carbocycles. The molecule has 1 nitrogen and oxygen atoms in total. The minimum atomic E-state index is 0.642. The van der Waals surface area contributed by atoms with Crippen LogP contribution in [0.15, 0.2) is 0 Å². The molecule has 92 valence electrons. The highest BCUT2D eigenvalue weighted by Crippen LogP contribution is 2.31. The summed E-state index contributed by atoms with van der Waals surface area (Å²) in [6, 6.07) is 0. The number of rotatable bonds is 3. The lowest BCUT2D eigenvalue weighted by atomic mass is 9.81. The lowest BCUT2D eigenvalue weighted by Gasteiger charge is -2.25. The second-order valence-electron chi connectivity index (χ2n) is 5.12. The van der Waals surface area contributed by atoms with Crippen LogP contribution in [0.1, 0.15) is 72.6 Å². The van der Waals surface area contributed by atoms with Gasteiger partial charge in [0.25, 0.3) is 0 Å². The molecule has 1 heteroatoms. The standard InChI is InChI=1S/C9H19N.C5H12/c1-3-9(2)5-4-7-10-8-6-9;1-3-5-4-2/h10H,3-8H2,1-2H3;3-5H2,1-2H3. The van der Waals surface area contributed by atoms with Crippen LogP contribution >= 0.6 is 0 Å². The first-order chi connectivity index (χ1) is 7.18. The van der Waals surface area contributed by atoms with Crippen molar-refractivity contribution >= 4 is 0 Å². The largest absolute Gasteiger partial charge is 0.317 e. The van der Waals surface area contributed by atoms with E-state index < -0.39 is 0 Å². The fraction of sp³-hybridized carbons (Fsp3) is 1.00. The number of nitrogens with one attached hydrogen (secondary N) is 1. The van der Waals surface area contributed by atoms with E-state index in [1.54, 1.807) is 0 Å². The molecule has 1 rings (SSSR count). The lowest BCUT2D eigenvalue weighted by Crippen LogP contribution is -2.18. The maximum absolute atomic E-state index is 3.44. The van der Waals surface area contributed by atoms with Crippen LogP contribution in [0.2, 0.25) is 0 Å². The molecule has 1 aliphatic heterocycles. The van der Waals surface area contributed by atoms with Crippen LogP contribution in [0.4, 0.5) is 0 Å². The molecule has 1 aliphatic rings. The van der Waals surface area contributed by atoms with E-state index in [1.165, 1.54) is 58.0 Å². The normalized spacial score (nSPS) is 26.4. The fourth-order valence-corrected chi connectivity index (χ4v) is 1.99. The molecular weight excluding hydrogens is 182 g/mol. The van der Waals surface area contributed by atoms with Crippen molar-refractivity contribution in [1.29, 1.82) is 0 Å². The Morgan fingerprint density at radius 3 is 2.13 bits per heavy atom. The monoisotopic (exact) mass is 213 g/mol. The molecule has 0 aromatic carbocycles. The molecule has 0 aliphatic carbocycles. The van der Waals surface area contributed by atoms with E-state index in [0.29, 0.717) is 5.41 Å². The summed E-state index contributed by atoms with van der Waals surface area (Å²) in [7, 11) is 0. The predicted molar refractivity (Wildman–Crippen MR) is 70.3 cm³/mol. The van der Waals surface area contributed by atoms with Gasteiger partial charge in [-0.25, -0.2) is 0 Å². The summed E-state index contributed by atoms with van der Waals surface area (Å²) < 4.78 is 0. The van der Waals surface area contributed by atoms with Crippen LogP contribution in [0.5, 0.6) is 0 Å². The summed E-state index contributed by atoms with van der Waals surface area (Å²) in [6.07, 6.45) is 9.56. The van der Waals surface area contributed by atoms with Gasteiger partial charge in [-0.2, -0.15) is 0 Å². The second-order valence-corrected chi connectivity index (χ2v) is 5.12. The van der Waals surface area contributed by atoms with Crippen LogP contribution in [0.25, 0.3) is 0 Å². The molecule has 0 aromatic rings. The van der Waals surface area contributed by atoms with Gasteiger partial charge in [0.05, 0.1) is 0 Å². The highest BCUT2D eigenvalue weighted by atomic mass is 14.9. The van der Waals surface area contributed by atoms with E-state index in [4.69, 9.17) is 0 Å². The van der Waals surface area contributed by atoms with E-state index >= 15 is 0 Å². The summed E-state index contributed by atoms with van der Waals surface area (Å²) in [5, 5.41) is 3.44. The van der Waals surface area contributed by atoms with Gasteiger partial charge in [-0.3, -0.25) is 0 Å². The van der Waals surface area contributed by atoms with Crippen molar-refractivity contribution in [2.45, 2.75) is 72.6 Å². The van der Waals surface area contributed by atoms with Gasteiger partial charge < -0.3 is 5.32 Å². The van der Waals surface area contributed by atoms with Crippen molar-refractivity contribution in [3.8, 4) is 0 Å². The SMILES string of the molecule is CCC1(C)CCCNCC1.CCCCC. The summed E-state index contributed by atoms with van der Waals surface area (Å²) in [5.74, 6) is 0. The maximum Gasteiger partial charge on any atom is -0.00437 e. The van der Waals surface area contributed by atoms with Gasteiger partial charge in [0.2, 0.25) is 0 Å². The van der Waals surface area contributed by atoms with Gasteiger partial charge in [-0.05, 0) is 37.8 Å². The van der Waals surface area contributed by atoms with E-state index in [-0.39, 0.29) is 0 Å². The summed E-state index contributed by atoms with van der Waals surface area (Å²) in [6.45, 7) is 11.6. The Kier molecular flexibility index (Phi) is 9.18. The molecular formula is C14H31N. The zero-order chi connectivity index (χ0) is 11.6. The average Bonchev–Trinajstić information content (AvgIpc) is 2.46. The van der Waals surface area contributed by atoms with Crippen molar-refractivity contribution < 1.29 is 0 Å². The van der Waals surface area contributed by atoms with E-state index in [0.717, 1.165) is 0 Å². The van der Waals surface area contributed by atoms with Crippen molar-refractivity contribution in [3.63, 3.8) is 0 Å². The quantitative estimate of drug-likeness (QED) is 0.734.